The fourth-order valence-electron chi connectivity index (χ4n) is 3.83. The van der Waals surface area contributed by atoms with Crippen LogP contribution in [0.1, 0.15) is 46.4 Å². The van der Waals surface area contributed by atoms with Crippen molar-refractivity contribution in [2.24, 2.45) is 0 Å². The average molecular weight is 296 g/mol. The second-order valence-corrected chi connectivity index (χ2v) is 6.29. The van der Waals surface area contributed by atoms with Gasteiger partial charge in [-0.1, -0.05) is 24.3 Å². The van der Waals surface area contributed by atoms with Gasteiger partial charge in [0.2, 0.25) is 11.6 Å². The van der Waals surface area contributed by atoms with Crippen molar-refractivity contribution in [2.45, 2.75) is 25.7 Å². The van der Waals surface area contributed by atoms with Gasteiger partial charge in [0.05, 0.1) is 0 Å². The first-order valence-corrected chi connectivity index (χ1v) is 8.20. The molecule has 0 spiro atoms. The molecule has 0 atom stereocenters. The Morgan fingerprint density at radius 1 is 0.727 bits per heavy atom. The van der Waals surface area contributed by atoms with Gasteiger partial charge in [-0.15, -0.1) is 0 Å². The van der Waals surface area contributed by atoms with Crippen molar-refractivity contribution in [3.05, 3.63) is 46.8 Å². The van der Waals surface area contributed by atoms with Crippen LogP contribution in [0.2, 0.25) is 0 Å². The molecule has 0 amide bonds. The summed E-state index contributed by atoms with van der Waals surface area (Å²) in [5.41, 5.74) is 1.54. The second-order valence-electron chi connectivity index (χ2n) is 6.29. The molecule has 0 N–H and O–H groups in total. The number of Topliss-reactive ketones (excluding diaryl/α,β-unsaturated/α-hetero) is 2. The number of benzene rings is 1. The lowest BCUT2D eigenvalue weighted by molar-refractivity contribution is 0.0973. The molecule has 4 nitrogen and oxygen atoms in total. The number of ketones is 2. The maximum atomic E-state index is 12.8. The molecule has 22 heavy (non-hydrogen) atoms. The van der Waals surface area contributed by atoms with Crippen molar-refractivity contribution in [3.63, 3.8) is 0 Å². The molecule has 0 unspecified atom stereocenters. The third kappa shape index (κ3) is 1.97. The molecule has 3 aliphatic rings. The van der Waals surface area contributed by atoms with Crippen LogP contribution in [0.5, 0.6) is 0 Å². The van der Waals surface area contributed by atoms with Gasteiger partial charge in [0.25, 0.3) is 0 Å². The van der Waals surface area contributed by atoms with Crippen LogP contribution in [0.4, 0.5) is 0 Å². The lowest BCUT2D eigenvalue weighted by atomic mass is 10.1. The molecular formula is C18H20N2O2. The van der Waals surface area contributed by atoms with E-state index in [2.05, 4.69) is 9.80 Å². The van der Waals surface area contributed by atoms with Crippen LogP contribution in [0.15, 0.2) is 35.7 Å². The van der Waals surface area contributed by atoms with Crippen LogP contribution in [0.3, 0.4) is 0 Å². The number of rotatable bonds is 2. The molecule has 4 rings (SSSR count). The van der Waals surface area contributed by atoms with Gasteiger partial charge in [-0.2, -0.15) is 0 Å². The number of likely N-dealkylation sites (tertiary alicyclic amines) is 2. The molecule has 0 bridgehead atoms. The fraction of sp³-hybridized carbons (Fsp3) is 0.444. The van der Waals surface area contributed by atoms with Gasteiger partial charge in [0, 0.05) is 37.3 Å². The van der Waals surface area contributed by atoms with E-state index in [1.807, 2.05) is 12.1 Å². The zero-order chi connectivity index (χ0) is 15.1. The molecule has 0 aromatic heterocycles. The summed E-state index contributed by atoms with van der Waals surface area (Å²) in [6, 6.07) is 7.21. The molecule has 1 aliphatic carbocycles. The summed E-state index contributed by atoms with van der Waals surface area (Å²) in [6.07, 6.45) is 4.56. The molecular weight excluding hydrogens is 276 g/mol. The van der Waals surface area contributed by atoms with E-state index < -0.39 is 0 Å². The SMILES string of the molecule is O=C1C(=C(N2CCCC2)N2CCCC2)C(=O)c2ccccc21. The van der Waals surface area contributed by atoms with Crippen molar-refractivity contribution in [1.29, 1.82) is 0 Å². The summed E-state index contributed by atoms with van der Waals surface area (Å²) in [7, 11) is 0. The summed E-state index contributed by atoms with van der Waals surface area (Å²) < 4.78 is 0. The smallest absolute Gasteiger partial charge is 0.201 e. The quantitative estimate of drug-likeness (QED) is 0.621. The number of nitrogens with zero attached hydrogens (tertiary/aromatic N) is 2. The van der Waals surface area contributed by atoms with E-state index in [1.165, 1.54) is 0 Å². The molecule has 2 fully saturated rings. The minimum Gasteiger partial charge on any atom is -0.358 e. The summed E-state index contributed by atoms with van der Waals surface area (Å²) in [5, 5.41) is 0. The highest BCUT2D eigenvalue weighted by Gasteiger charge is 2.39. The van der Waals surface area contributed by atoms with Gasteiger partial charge >= 0.3 is 0 Å². The van der Waals surface area contributed by atoms with Crippen LogP contribution >= 0.6 is 0 Å². The molecule has 1 aromatic carbocycles. The first-order valence-electron chi connectivity index (χ1n) is 8.20. The van der Waals surface area contributed by atoms with Gasteiger partial charge in [-0.25, -0.2) is 0 Å². The molecule has 0 saturated carbocycles. The summed E-state index contributed by atoms with van der Waals surface area (Å²) in [6.45, 7) is 3.80. The van der Waals surface area contributed by atoms with Gasteiger partial charge < -0.3 is 9.80 Å². The van der Waals surface area contributed by atoms with Crippen LogP contribution in [-0.2, 0) is 0 Å². The van der Waals surface area contributed by atoms with E-state index in [4.69, 9.17) is 0 Å². The van der Waals surface area contributed by atoms with E-state index in [1.54, 1.807) is 12.1 Å². The van der Waals surface area contributed by atoms with Crippen molar-refractivity contribution in [1.82, 2.24) is 9.80 Å². The molecule has 4 heteroatoms. The number of carbonyl (C=O) groups excluding carboxylic acids is 2. The van der Waals surface area contributed by atoms with Crippen molar-refractivity contribution in [3.8, 4) is 0 Å². The Labute approximate surface area is 130 Å². The van der Waals surface area contributed by atoms with Gasteiger partial charge in [-0.05, 0) is 25.7 Å². The predicted molar refractivity (Wildman–Crippen MR) is 83.7 cm³/mol. The first kappa shape index (κ1) is 13.6. The van der Waals surface area contributed by atoms with Gasteiger partial charge in [0.1, 0.15) is 11.4 Å². The first-order chi connectivity index (χ1) is 10.8. The normalized spacial score (nSPS) is 21.0. The van der Waals surface area contributed by atoms with Crippen LogP contribution in [0, 0.1) is 0 Å². The Hall–Kier alpha value is -2.10. The largest absolute Gasteiger partial charge is 0.358 e. The third-order valence-electron chi connectivity index (χ3n) is 4.91. The summed E-state index contributed by atoms with van der Waals surface area (Å²) in [4.78, 5) is 30.2. The van der Waals surface area contributed by atoms with Crippen molar-refractivity contribution >= 4 is 11.6 Å². The molecule has 2 heterocycles. The highest BCUT2D eigenvalue weighted by atomic mass is 16.2. The topological polar surface area (TPSA) is 40.6 Å². The van der Waals surface area contributed by atoms with Crippen molar-refractivity contribution in [2.75, 3.05) is 26.2 Å². The Morgan fingerprint density at radius 3 is 1.55 bits per heavy atom. The highest BCUT2D eigenvalue weighted by Crippen LogP contribution is 2.33. The van der Waals surface area contributed by atoms with Crippen LogP contribution in [-0.4, -0.2) is 47.5 Å². The molecule has 0 radical (unpaired) electrons. The van der Waals surface area contributed by atoms with Crippen LogP contribution in [0.25, 0.3) is 0 Å². The van der Waals surface area contributed by atoms with E-state index in [0.717, 1.165) is 57.7 Å². The number of allylic oxidation sites excluding steroid dienone is 1. The van der Waals surface area contributed by atoms with E-state index in [0.29, 0.717) is 16.7 Å². The minimum atomic E-state index is -0.0885. The standard InChI is InChI=1S/C18H20N2O2/c21-16-13-7-1-2-8-14(13)17(22)15(16)18(19-9-3-4-10-19)20-11-5-6-12-20/h1-2,7-8H,3-6,9-12H2. The maximum Gasteiger partial charge on any atom is 0.201 e. The van der Waals surface area contributed by atoms with E-state index in [9.17, 15) is 9.59 Å². The molecule has 1 aromatic rings. The van der Waals surface area contributed by atoms with Crippen LogP contribution < -0.4 is 0 Å². The third-order valence-corrected chi connectivity index (χ3v) is 4.91. The van der Waals surface area contributed by atoms with Crippen molar-refractivity contribution < 1.29 is 9.59 Å². The summed E-state index contributed by atoms with van der Waals surface area (Å²) in [5.74, 6) is 0.727. The Balaban J connectivity index is 1.85. The number of hydrogen-bond donors (Lipinski definition) is 0. The van der Waals surface area contributed by atoms with Gasteiger partial charge in [0.15, 0.2) is 0 Å². The predicted octanol–water partition coefficient (Wildman–Crippen LogP) is 2.47. The zero-order valence-corrected chi connectivity index (χ0v) is 12.7. The lowest BCUT2D eigenvalue weighted by Crippen LogP contribution is -2.35. The lowest BCUT2D eigenvalue weighted by Gasteiger charge is -2.31. The number of fused-ring (bicyclic) bond motifs is 1. The average Bonchev–Trinajstić information content (AvgIpc) is 3.27. The second kappa shape index (κ2) is 5.27. The molecule has 2 aliphatic heterocycles. The molecule has 114 valence electrons. The van der Waals surface area contributed by atoms with E-state index in [-0.39, 0.29) is 11.6 Å². The highest BCUT2D eigenvalue weighted by molar-refractivity contribution is 6.39. The van der Waals surface area contributed by atoms with E-state index >= 15 is 0 Å². The zero-order valence-electron chi connectivity index (χ0n) is 12.7. The Morgan fingerprint density at radius 2 is 1.14 bits per heavy atom. The minimum absolute atomic E-state index is 0.0885. The Bertz CT molecular complexity index is 610. The Kier molecular flexibility index (Phi) is 3.25. The fourth-order valence-corrected chi connectivity index (χ4v) is 3.83. The molecule has 2 saturated heterocycles. The number of hydrogen-bond acceptors (Lipinski definition) is 4. The van der Waals surface area contributed by atoms with Gasteiger partial charge in [-0.3, -0.25) is 9.59 Å². The number of carbonyl (C=O) groups is 2. The summed E-state index contributed by atoms with van der Waals surface area (Å²) >= 11 is 0. The monoisotopic (exact) mass is 296 g/mol. The maximum absolute atomic E-state index is 12.8.